The Hall–Kier alpha value is -4.40. The lowest BCUT2D eigenvalue weighted by Gasteiger charge is -2.11. The molecule has 0 atom stereocenters. The van der Waals surface area contributed by atoms with Gasteiger partial charge in [-0.15, -0.1) is 0 Å². The molecule has 144 valence electrons. The summed E-state index contributed by atoms with van der Waals surface area (Å²) < 4.78 is 5.65. The van der Waals surface area contributed by atoms with Crippen molar-refractivity contribution >= 4 is 28.7 Å². The smallest absolute Gasteiger partial charge is 0.338 e. The van der Waals surface area contributed by atoms with Crippen LogP contribution < -0.4 is 5.32 Å². The number of pyridine rings is 1. The molecule has 0 aliphatic heterocycles. The molecule has 0 unspecified atom stereocenters. The third-order valence-electron chi connectivity index (χ3n) is 4.16. The molecule has 1 amide bonds. The Balaban J connectivity index is 1.80. The van der Waals surface area contributed by atoms with Crippen molar-refractivity contribution in [3.05, 3.63) is 66.0 Å². The number of amides is 1. The fourth-order valence-electron chi connectivity index (χ4n) is 2.83. The lowest BCUT2D eigenvalue weighted by atomic mass is 10.1. The highest BCUT2D eigenvalue weighted by molar-refractivity contribution is 6.07. The summed E-state index contributed by atoms with van der Waals surface area (Å²) >= 11 is 0. The van der Waals surface area contributed by atoms with Gasteiger partial charge in [-0.3, -0.25) is 4.79 Å². The molecule has 2 aromatic heterocycles. The van der Waals surface area contributed by atoms with Gasteiger partial charge in [0.05, 0.1) is 16.8 Å². The standard InChI is InChI=1S/C20H13N3O6/c24-12-6-1-4-10(15(12)22-18(26)17-13(25)7-3-9-21-17)19-23-16-11(20(27)28)5-2-8-14(16)29-19/h1-9,24-25H,(H,22,26)(H,27,28). The second-order valence-electron chi connectivity index (χ2n) is 6.00. The van der Waals surface area contributed by atoms with Gasteiger partial charge in [0.1, 0.15) is 17.0 Å². The van der Waals surface area contributed by atoms with E-state index >= 15 is 0 Å². The number of hydrogen-bond donors (Lipinski definition) is 4. The Labute approximate surface area is 162 Å². The third kappa shape index (κ3) is 3.21. The number of hydrogen-bond acceptors (Lipinski definition) is 7. The number of phenolic OH excluding ortho intramolecular Hbond substituents is 1. The topological polar surface area (TPSA) is 146 Å². The Morgan fingerprint density at radius 2 is 1.72 bits per heavy atom. The van der Waals surface area contributed by atoms with Gasteiger partial charge in [0, 0.05) is 6.20 Å². The number of para-hydroxylation sites is 2. The van der Waals surface area contributed by atoms with E-state index < -0.39 is 11.9 Å². The molecule has 0 radical (unpaired) electrons. The lowest BCUT2D eigenvalue weighted by Crippen LogP contribution is -2.14. The monoisotopic (exact) mass is 391 g/mol. The molecule has 0 bridgehead atoms. The minimum Gasteiger partial charge on any atom is -0.506 e. The Bertz CT molecular complexity index is 1260. The van der Waals surface area contributed by atoms with Crippen LogP contribution in [0.2, 0.25) is 0 Å². The maximum atomic E-state index is 12.5. The second kappa shape index (κ2) is 6.97. The molecular weight excluding hydrogens is 378 g/mol. The largest absolute Gasteiger partial charge is 0.506 e. The van der Waals surface area contributed by atoms with Crippen molar-refractivity contribution in [3.63, 3.8) is 0 Å². The van der Waals surface area contributed by atoms with Crippen molar-refractivity contribution in [1.29, 1.82) is 0 Å². The second-order valence-corrected chi connectivity index (χ2v) is 6.00. The van der Waals surface area contributed by atoms with Crippen molar-refractivity contribution in [3.8, 4) is 23.0 Å². The van der Waals surface area contributed by atoms with E-state index in [2.05, 4.69) is 15.3 Å². The number of carbonyl (C=O) groups excluding carboxylic acids is 1. The van der Waals surface area contributed by atoms with Crippen LogP contribution >= 0.6 is 0 Å². The predicted molar refractivity (Wildman–Crippen MR) is 102 cm³/mol. The van der Waals surface area contributed by atoms with Gasteiger partial charge in [0.2, 0.25) is 5.89 Å². The summed E-state index contributed by atoms with van der Waals surface area (Å²) in [7, 11) is 0. The maximum absolute atomic E-state index is 12.5. The van der Waals surface area contributed by atoms with Crippen LogP contribution in [0.5, 0.6) is 11.5 Å². The molecule has 9 heteroatoms. The van der Waals surface area contributed by atoms with E-state index in [1.165, 1.54) is 42.6 Å². The normalized spacial score (nSPS) is 10.8. The van der Waals surface area contributed by atoms with Crippen molar-refractivity contribution in [2.24, 2.45) is 0 Å². The number of carboxylic acids is 1. The first-order valence-electron chi connectivity index (χ1n) is 8.36. The van der Waals surface area contributed by atoms with Crippen molar-refractivity contribution < 1.29 is 29.3 Å². The van der Waals surface area contributed by atoms with Crippen LogP contribution in [0.1, 0.15) is 20.8 Å². The van der Waals surface area contributed by atoms with Crippen LogP contribution in [0.4, 0.5) is 5.69 Å². The minimum atomic E-state index is -1.16. The Morgan fingerprint density at radius 3 is 2.48 bits per heavy atom. The molecule has 29 heavy (non-hydrogen) atoms. The molecule has 2 heterocycles. The van der Waals surface area contributed by atoms with Crippen molar-refractivity contribution in [2.45, 2.75) is 0 Å². The number of carbonyl (C=O) groups is 2. The number of aromatic hydroxyl groups is 2. The van der Waals surface area contributed by atoms with Crippen LogP contribution in [0.25, 0.3) is 22.6 Å². The first kappa shape index (κ1) is 18.0. The fraction of sp³-hybridized carbons (Fsp3) is 0. The van der Waals surface area contributed by atoms with Crippen LogP contribution in [-0.4, -0.2) is 37.2 Å². The molecule has 2 aromatic carbocycles. The highest BCUT2D eigenvalue weighted by Crippen LogP contribution is 2.37. The average Bonchev–Trinajstić information content (AvgIpc) is 3.13. The molecule has 0 saturated heterocycles. The van der Waals surface area contributed by atoms with Crippen LogP contribution in [0, 0.1) is 0 Å². The maximum Gasteiger partial charge on any atom is 0.338 e. The zero-order chi connectivity index (χ0) is 20.5. The van der Waals surface area contributed by atoms with E-state index in [4.69, 9.17) is 4.42 Å². The van der Waals surface area contributed by atoms with E-state index in [0.29, 0.717) is 0 Å². The molecule has 0 aliphatic rings. The number of fused-ring (bicyclic) bond motifs is 1. The van der Waals surface area contributed by atoms with Crippen LogP contribution in [0.15, 0.2) is 59.1 Å². The summed E-state index contributed by atoms with van der Waals surface area (Å²) in [6, 6.07) is 11.7. The number of carboxylic acid groups (broad SMARTS) is 1. The summed E-state index contributed by atoms with van der Waals surface area (Å²) in [5.41, 5.74) is 0.308. The van der Waals surface area contributed by atoms with Gasteiger partial charge in [-0.05, 0) is 36.4 Å². The van der Waals surface area contributed by atoms with E-state index in [9.17, 15) is 24.9 Å². The molecule has 0 spiro atoms. The number of nitrogens with one attached hydrogen (secondary N) is 1. The number of aromatic carboxylic acids is 1. The van der Waals surface area contributed by atoms with Crippen molar-refractivity contribution in [1.82, 2.24) is 9.97 Å². The van der Waals surface area contributed by atoms with Gasteiger partial charge in [-0.2, -0.15) is 0 Å². The molecule has 9 nitrogen and oxygen atoms in total. The number of oxazole rings is 1. The van der Waals surface area contributed by atoms with Gasteiger partial charge < -0.3 is 25.1 Å². The number of benzene rings is 2. The summed E-state index contributed by atoms with van der Waals surface area (Å²) in [5, 5.41) is 31.9. The Kier molecular flexibility index (Phi) is 4.32. The summed E-state index contributed by atoms with van der Waals surface area (Å²) in [6.07, 6.45) is 1.34. The number of anilines is 1. The zero-order valence-electron chi connectivity index (χ0n) is 14.7. The quantitative estimate of drug-likeness (QED) is 0.388. The number of aromatic nitrogens is 2. The van der Waals surface area contributed by atoms with E-state index in [1.54, 1.807) is 12.1 Å². The Morgan fingerprint density at radius 1 is 0.966 bits per heavy atom. The number of nitrogens with zero attached hydrogens (tertiary/aromatic N) is 2. The van der Waals surface area contributed by atoms with E-state index in [-0.39, 0.29) is 51.0 Å². The fourth-order valence-corrected chi connectivity index (χ4v) is 2.83. The van der Waals surface area contributed by atoms with Gasteiger partial charge in [-0.1, -0.05) is 12.1 Å². The minimum absolute atomic E-state index is 0.00476. The molecular formula is C20H13N3O6. The number of rotatable bonds is 4. The van der Waals surface area contributed by atoms with Gasteiger partial charge in [-0.25, -0.2) is 14.8 Å². The van der Waals surface area contributed by atoms with Crippen LogP contribution in [0.3, 0.4) is 0 Å². The van der Waals surface area contributed by atoms with Gasteiger partial charge in [0.15, 0.2) is 11.3 Å². The zero-order valence-corrected chi connectivity index (χ0v) is 14.7. The third-order valence-corrected chi connectivity index (χ3v) is 4.16. The summed E-state index contributed by atoms with van der Waals surface area (Å²) in [4.78, 5) is 32.0. The predicted octanol–water partition coefficient (Wildman–Crippen LogP) is 3.25. The molecule has 4 N–H and O–H groups in total. The van der Waals surface area contributed by atoms with Crippen molar-refractivity contribution in [2.75, 3.05) is 5.32 Å². The average molecular weight is 391 g/mol. The SMILES string of the molecule is O=C(Nc1c(O)cccc1-c1nc2c(C(=O)O)cccc2o1)c1ncccc1O. The van der Waals surface area contributed by atoms with Gasteiger partial charge >= 0.3 is 5.97 Å². The molecule has 0 aliphatic carbocycles. The highest BCUT2D eigenvalue weighted by atomic mass is 16.4. The summed E-state index contributed by atoms with van der Waals surface area (Å²) in [5.74, 6) is -2.51. The lowest BCUT2D eigenvalue weighted by molar-refractivity contribution is 0.0698. The highest BCUT2D eigenvalue weighted by Gasteiger charge is 2.21. The molecule has 0 fully saturated rings. The first-order chi connectivity index (χ1) is 14.0. The molecule has 0 saturated carbocycles. The van der Waals surface area contributed by atoms with E-state index in [1.807, 2.05) is 0 Å². The summed E-state index contributed by atoms with van der Waals surface area (Å²) in [6.45, 7) is 0. The molecule has 4 rings (SSSR count). The van der Waals surface area contributed by atoms with E-state index in [0.717, 1.165) is 0 Å². The van der Waals surface area contributed by atoms with Crippen LogP contribution in [-0.2, 0) is 0 Å². The molecule has 4 aromatic rings. The van der Waals surface area contributed by atoms with Gasteiger partial charge in [0.25, 0.3) is 5.91 Å². The first-order valence-corrected chi connectivity index (χ1v) is 8.36. The number of phenols is 1.